The van der Waals surface area contributed by atoms with Gasteiger partial charge in [-0.3, -0.25) is 9.36 Å². The van der Waals surface area contributed by atoms with Gasteiger partial charge in [-0.15, -0.1) is 0 Å². The molecule has 0 atom stereocenters. The fourth-order valence-electron chi connectivity index (χ4n) is 3.28. The third-order valence-corrected chi connectivity index (χ3v) is 4.76. The van der Waals surface area contributed by atoms with Crippen LogP contribution in [0.4, 0.5) is 0 Å². The molecule has 30 heavy (non-hydrogen) atoms. The molecule has 0 unspecified atom stereocenters. The minimum atomic E-state index is -0.187. The van der Waals surface area contributed by atoms with Gasteiger partial charge in [-0.2, -0.15) is 0 Å². The summed E-state index contributed by atoms with van der Waals surface area (Å²) in [7, 11) is 3.06. The Hall–Kier alpha value is -4.06. The van der Waals surface area contributed by atoms with E-state index in [0.29, 0.717) is 33.9 Å². The van der Waals surface area contributed by atoms with E-state index in [9.17, 15) is 9.90 Å². The molecule has 6 heteroatoms. The van der Waals surface area contributed by atoms with Gasteiger partial charge in [-0.25, -0.2) is 4.98 Å². The zero-order valence-corrected chi connectivity index (χ0v) is 16.6. The number of hydrogen-bond donors (Lipinski definition) is 1. The van der Waals surface area contributed by atoms with Crippen molar-refractivity contribution in [2.45, 2.75) is 0 Å². The number of aromatic nitrogens is 2. The average Bonchev–Trinajstić information content (AvgIpc) is 2.78. The second kappa shape index (κ2) is 8.13. The molecule has 1 N–H and O–H groups in total. The van der Waals surface area contributed by atoms with E-state index >= 15 is 0 Å². The lowest BCUT2D eigenvalue weighted by Crippen LogP contribution is -2.22. The number of fused-ring (bicyclic) bond motifs is 1. The predicted molar refractivity (Wildman–Crippen MR) is 117 cm³/mol. The number of nitrogens with zero attached hydrogens (tertiary/aromatic N) is 2. The Morgan fingerprint density at radius 1 is 0.900 bits per heavy atom. The van der Waals surface area contributed by atoms with Crippen LogP contribution < -0.4 is 15.0 Å². The molecular formula is C24H20N2O4. The average molecular weight is 400 g/mol. The number of aromatic hydroxyl groups is 1. The summed E-state index contributed by atoms with van der Waals surface area (Å²) < 4.78 is 12.2. The largest absolute Gasteiger partial charge is 0.504 e. The van der Waals surface area contributed by atoms with Crippen molar-refractivity contribution in [2.75, 3.05) is 14.2 Å². The first-order valence-electron chi connectivity index (χ1n) is 9.32. The Morgan fingerprint density at radius 2 is 1.63 bits per heavy atom. The number of para-hydroxylation sites is 3. The predicted octanol–water partition coefficient (Wildman–Crippen LogP) is 4.28. The Balaban J connectivity index is 1.93. The SMILES string of the molecule is COc1cc(C=Cc2nc3ccccc3c(=O)n2-c2ccccc2OC)ccc1O. The van der Waals surface area contributed by atoms with Gasteiger partial charge in [-0.1, -0.05) is 36.4 Å². The lowest BCUT2D eigenvalue weighted by atomic mass is 10.1. The summed E-state index contributed by atoms with van der Waals surface area (Å²) in [6.07, 6.45) is 3.57. The maximum absolute atomic E-state index is 13.4. The van der Waals surface area contributed by atoms with E-state index in [-0.39, 0.29) is 11.3 Å². The lowest BCUT2D eigenvalue weighted by molar-refractivity contribution is 0.373. The number of phenolic OH excluding ortho intramolecular Hbond substituents is 1. The van der Waals surface area contributed by atoms with Crippen LogP contribution in [-0.4, -0.2) is 28.9 Å². The Kier molecular flexibility index (Phi) is 5.22. The van der Waals surface area contributed by atoms with Gasteiger partial charge in [0, 0.05) is 0 Å². The van der Waals surface area contributed by atoms with Gasteiger partial charge in [0.15, 0.2) is 11.5 Å². The molecule has 0 spiro atoms. The van der Waals surface area contributed by atoms with Crippen LogP contribution >= 0.6 is 0 Å². The van der Waals surface area contributed by atoms with Gasteiger partial charge in [0.1, 0.15) is 11.6 Å². The van der Waals surface area contributed by atoms with Crippen molar-refractivity contribution < 1.29 is 14.6 Å². The molecule has 0 aliphatic rings. The van der Waals surface area contributed by atoms with E-state index in [1.54, 1.807) is 43.5 Å². The number of hydrogen-bond acceptors (Lipinski definition) is 5. The monoisotopic (exact) mass is 400 g/mol. The van der Waals surface area contributed by atoms with Gasteiger partial charge in [0.2, 0.25) is 0 Å². The molecule has 0 saturated heterocycles. The van der Waals surface area contributed by atoms with Crippen LogP contribution in [0.1, 0.15) is 11.4 Å². The number of rotatable bonds is 5. The molecule has 0 bridgehead atoms. The fraction of sp³-hybridized carbons (Fsp3) is 0.0833. The molecule has 0 aliphatic heterocycles. The zero-order chi connectivity index (χ0) is 21.1. The van der Waals surface area contributed by atoms with Crippen molar-refractivity contribution in [3.05, 3.63) is 88.5 Å². The molecule has 6 nitrogen and oxygen atoms in total. The van der Waals surface area contributed by atoms with Crippen molar-refractivity contribution in [1.82, 2.24) is 9.55 Å². The molecule has 150 valence electrons. The maximum atomic E-state index is 13.4. The van der Waals surface area contributed by atoms with E-state index in [4.69, 9.17) is 14.5 Å². The van der Waals surface area contributed by atoms with Gasteiger partial charge >= 0.3 is 0 Å². The van der Waals surface area contributed by atoms with Crippen LogP contribution in [0.25, 0.3) is 28.7 Å². The van der Waals surface area contributed by atoms with E-state index in [0.717, 1.165) is 5.56 Å². The number of ether oxygens (including phenoxy) is 2. The second-order valence-corrected chi connectivity index (χ2v) is 6.56. The van der Waals surface area contributed by atoms with Crippen LogP contribution in [0.3, 0.4) is 0 Å². The highest BCUT2D eigenvalue weighted by molar-refractivity contribution is 5.80. The minimum absolute atomic E-state index is 0.0596. The Morgan fingerprint density at radius 3 is 2.43 bits per heavy atom. The molecule has 3 aromatic carbocycles. The highest BCUT2D eigenvalue weighted by atomic mass is 16.5. The third-order valence-electron chi connectivity index (χ3n) is 4.76. The normalized spacial score (nSPS) is 11.1. The molecule has 0 radical (unpaired) electrons. The summed E-state index contributed by atoms with van der Waals surface area (Å²) in [5.41, 5.74) is 1.81. The minimum Gasteiger partial charge on any atom is -0.504 e. The van der Waals surface area contributed by atoms with Crippen molar-refractivity contribution in [3.63, 3.8) is 0 Å². The van der Waals surface area contributed by atoms with Gasteiger partial charge in [0.05, 0.1) is 30.8 Å². The zero-order valence-electron chi connectivity index (χ0n) is 16.6. The van der Waals surface area contributed by atoms with E-state index in [1.165, 1.54) is 11.7 Å². The highest BCUT2D eigenvalue weighted by Crippen LogP contribution is 2.28. The van der Waals surface area contributed by atoms with Crippen LogP contribution in [-0.2, 0) is 0 Å². The number of methoxy groups -OCH3 is 2. The molecule has 0 saturated carbocycles. The molecule has 4 aromatic rings. The van der Waals surface area contributed by atoms with Crippen LogP contribution in [0, 0.1) is 0 Å². The Bertz CT molecular complexity index is 1310. The topological polar surface area (TPSA) is 73.6 Å². The standard InChI is InChI=1S/C24H20N2O4/c1-29-21-10-6-5-9-19(21)26-23(25-18-8-4-3-7-17(18)24(26)28)14-12-16-11-13-20(27)22(15-16)30-2/h3-15,27H,1-2H3. The first-order valence-corrected chi connectivity index (χ1v) is 9.32. The second-order valence-electron chi connectivity index (χ2n) is 6.56. The van der Waals surface area contributed by atoms with Crippen molar-refractivity contribution in [2.24, 2.45) is 0 Å². The lowest BCUT2D eigenvalue weighted by Gasteiger charge is -2.14. The molecule has 1 aromatic heterocycles. The van der Waals surface area contributed by atoms with Crippen LogP contribution in [0.2, 0.25) is 0 Å². The molecule has 0 aliphatic carbocycles. The summed E-state index contributed by atoms with van der Waals surface area (Å²) in [6.45, 7) is 0. The Labute approximate surface area is 173 Å². The van der Waals surface area contributed by atoms with Crippen molar-refractivity contribution in [1.29, 1.82) is 0 Å². The van der Waals surface area contributed by atoms with Crippen molar-refractivity contribution >= 4 is 23.1 Å². The fourth-order valence-corrected chi connectivity index (χ4v) is 3.28. The number of benzene rings is 3. The first-order chi connectivity index (χ1) is 14.6. The molecular weight excluding hydrogens is 380 g/mol. The van der Waals surface area contributed by atoms with Gasteiger partial charge in [0.25, 0.3) is 5.56 Å². The van der Waals surface area contributed by atoms with Gasteiger partial charge < -0.3 is 14.6 Å². The summed E-state index contributed by atoms with van der Waals surface area (Å²) in [5.74, 6) is 1.45. The number of phenols is 1. The molecule has 1 heterocycles. The third kappa shape index (κ3) is 3.51. The first kappa shape index (κ1) is 19.3. The molecule has 0 amide bonds. The van der Waals surface area contributed by atoms with E-state index < -0.39 is 0 Å². The van der Waals surface area contributed by atoms with Crippen LogP contribution in [0.5, 0.6) is 17.2 Å². The van der Waals surface area contributed by atoms with Crippen molar-refractivity contribution in [3.8, 4) is 22.9 Å². The summed E-state index contributed by atoms with van der Waals surface area (Å²) in [4.78, 5) is 18.1. The maximum Gasteiger partial charge on any atom is 0.266 e. The molecule has 0 fully saturated rings. The summed E-state index contributed by atoms with van der Waals surface area (Å²) in [5, 5.41) is 10.3. The quantitative estimate of drug-likeness (QED) is 0.541. The van der Waals surface area contributed by atoms with Gasteiger partial charge in [-0.05, 0) is 48.0 Å². The highest BCUT2D eigenvalue weighted by Gasteiger charge is 2.14. The molecule has 4 rings (SSSR count). The van der Waals surface area contributed by atoms with E-state index in [2.05, 4.69) is 0 Å². The summed E-state index contributed by atoms with van der Waals surface area (Å²) in [6, 6.07) is 19.6. The van der Waals surface area contributed by atoms with Crippen LogP contribution in [0.15, 0.2) is 71.5 Å². The van der Waals surface area contributed by atoms with E-state index in [1.807, 2.05) is 42.5 Å². The smallest absolute Gasteiger partial charge is 0.266 e. The summed E-state index contributed by atoms with van der Waals surface area (Å²) >= 11 is 0.